The topological polar surface area (TPSA) is 85.8 Å². The number of hydrogen-bond donors (Lipinski definition) is 1. The first-order chi connectivity index (χ1) is 15.1. The van der Waals surface area contributed by atoms with Gasteiger partial charge in [-0.1, -0.05) is 13.8 Å². The zero-order chi connectivity index (χ0) is 21.6. The maximum absolute atomic E-state index is 11.9. The van der Waals surface area contributed by atoms with Crippen LogP contribution in [0.3, 0.4) is 0 Å². The molecule has 2 aliphatic rings. The third-order valence-electron chi connectivity index (χ3n) is 5.74. The van der Waals surface area contributed by atoms with Gasteiger partial charge in [0.1, 0.15) is 11.3 Å². The quantitative estimate of drug-likeness (QED) is 0.753. The fraction of sp³-hybridized carbons (Fsp3) is 0.609. The monoisotopic (exact) mass is 428 g/mol. The molecule has 1 N–H and O–H groups in total. The van der Waals surface area contributed by atoms with Crippen LogP contribution in [0.15, 0.2) is 24.5 Å². The molecular formula is C23H32N4O4. The van der Waals surface area contributed by atoms with Crippen LogP contribution in [0.4, 0.5) is 10.5 Å². The van der Waals surface area contributed by atoms with E-state index < -0.39 is 0 Å². The number of amides is 1. The highest BCUT2D eigenvalue weighted by atomic mass is 16.5. The van der Waals surface area contributed by atoms with E-state index in [4.69, 9.17) is 14.2 Å². The van der Waals surface area contributed by atoms with Gasteiger partial charge in [-0.3, -0.25) is 4.98 Å². The summed E-state index contributed by atoms with van der Waals surface area (Å²) in [5, 5.41) is 2.98. The lowest BCUT2D eigenvalue weighted by molar-refractivity contribution is 0.113. The Balaban J connectivity index is 1.39. The smallest absolute Gasteiger partial charge is 0.407 e. The molecular weight excluding hydrogens is 396 g/mol. The number of morpholine rings is 1. The molecule has 4 rings (SSSR count). The number of anilines is 1. The van der Waals surface area contributed by atoms with E-state index in [1.807, 2.05) is 13.8 Å². The van der Waals surface area contributed by atoms with E-state index in [2.05, 4.69) is 32.3 Å². The van der Waals surface area contributed by atoms with Crippen LogP contribution in [0.25, 0.3) is 11.0 Å². The minimum absolute atomic E-state index is 0.0925. The number of ether oxygens (including phenoxy) is 3. The largest absolute Gasteiger partial charge is 0.488 e. The highest BCUT2D eigenvalue weighted by Gasteiger charge is 2.25. The van der Waals surface area contributed by atoms with Crippen LogP contribution in [0.5, 0.6) is 5.75 Å². The number of hydrogen-bond acceptors (Lipinski definition) is 7. The fourth-order valence-electron chi connectivity index (χ4n) is 4.08. The van der Waals surface area contributed by atoms with Crippen LogP contribution < -0.4 is 15.0 Å². The second kappa shape index (κ2) is 10.1. The highest BCUT2D eigenvalue weighted by Crippen LogP contribution is 2.33. The third kappa shape index (κ3) is 5.76. The van der Waals surface area contributed by atoms with Crippen LogP contribution >= 0.6 is 0 Å². The molecule has 8 nitrogen and oxygen atoms in total. The second-order valence-electron chi connectivity index (χ2n) is 8.70. The molecule has 1 aliphatic carbocycles. The Kier molecular flexibility index (Phi) is 7.06. The molecule has 1 aromatic heterocycles. The highest BCUT2D eigenvalue weighted by molar-refractivity contribution is 5.85. The second-order valence-corrected chi connectivity index (χ2v) is 8.70. The van der Waals surface area contributed by atoms with Gasteiger partial charge < -0.3 is 24.4 Å². The number of alkyl carbamates (subject to hydrolysis) is 1. The zero-order valence-electron chi connectivity index (χ0n) is 18.4. The minimum Gasteiger partial charge on any atom is -0.488 e. The predicted molar refractivity (Wildman–Crippen MR) is 119 cm³/mol. The Labute approximate surface area is 183 Å². The molecule has 2 heterocycles. The van der Waals surface area contributed by atoms with Crippen molar-refractivity contribution in [3.8, 4) is 5.75 Å². The lowest BCUT2D eigenvalue weighted by Crippen LogP contribution is -2.40. The molecule has 0 atom stereocenters. The van der Waals surface area contributed by atoms with Crippen molar-refractivity contribution in [2.24, 2.45) is 5.92 Å². The summed E-state index contributed by atoms with van der Waals surface area (Å²) in [6, 6.07) is 4.29. The summed E-state index contributed by atoms with van der Waals surface area (Å²) in [4.78, 5) is 23.2. The molecule has 2 aromatic rings. The van der Waals surface area contributed by atoms with Gasteiger partial charge in [-0.25, -0.2) is 9.78 Å². The molecule has 1 aliphatic heterocycles. The van der Waals surface area contributed by atoms with Gasteiger partial charge in [0.15, 0.2) is 0 Å². The van der Waals surface area contributed by atoms with Gasteiger partial charge in [0.2, 0.25) is 0 Å². The van der Waals surface area contributed by atoms with E-state index in [1.54, 1.807) is 12.4 Å². The SMILES string of the molecule is CC(C)COC(=O)NC1CCC(Oc2cc(N3CCOCC3)cc3nccnc23)CC1. The van der Waals surface area contributed by atoms with Gasteiger partial charge in [-0.15, -0.1) is 0 Å². The molecule has 0 spiro atoms. The van der Waals surface area contributed by atoms with Gasteiger partial charge >= 0.3 is 6.09 Å². The molecule has 31 heavy (non-hydrogen) atoms. The van der Waals surface area contributed by atoms with Crippen LogP contribution in [0.2, 0.25) is 0 Å². The summed E-state index contributed by atoms with van der Waals surface area (Å²) >= 11 is 0. The number of benzene rings is 1. The van der Waals surface area contributed by atoms with E-state index in [1.165, 1.54) is 0 Å². The number of fused-ring (bicyclic) bond motifs is 1. The lowest BCUT2D eigenvalue weighted by atomic mass is 9.93. The first kappa shape index (κ1) is 21.6. The van der Waals surface area contributed by atoms with Crippen molar-refractivity contribution in [3.05, 3.63) is 24.5 Å². The predicted octanol–water partition coefficient (Wildman–Crippen LogP) is 3.54. The summed E-state index contributed by atoms with van der Waals surface area (Å²) in [6.07, 6.45) is 6.67. The van der Waals surface area contributed by atoms with Gasteiger partial charge in [-0.05, 0) is 37.7 Å². The summed E-state index contributed by atoms with van der Waals surface area (Å²) < 4.78 is 17.2. The van der Waals surface area contributed by atoms with E-state index in [9.17, 15) is 4.79 Å². The standard InChI is InChI=1S/C23H32N4O4/c1-16(2)15-30-23(28)26-17-3-5-19(6-4-17)31-21-14-18(27-9-11-29-12-10-27)13-20-22(21)25-8-7-24-20/h7-8,13-14,16-17,19H,3-6,9-12,15H2,1-2H3,(H,26,28). The average Bonchev–Trinajstić information content (AvgIpc) is 2.79. The lowest BCUT2D eigenvalue weighted by Gasteiger charge is -2.31. The van der Waals surface area contributed by atoms with Crippen LogP contribution in [-0.2, 0) is 9.47 Å². The summed E-state index contributed by atoms with van der Waals surface area (Å²) in [5.74, 6) is 1.11. The fourth-order valence-corrected chi connectivity index (χ4v) is 4.08. The Hall–Kier alpha value is -2.61. The van der Waals surface area contributed by atoms with Gasteiger partial charge in [-0.2, -0.15) is 0 Å². The molecule has 1 amide bonds. The van der Waals surface area contributed by atoms with Crippen molar-refractivity contribution in [1.82, 2.24) is 15.3 Å². The van der Waals surface area contributed by atoms with Crippen molar-refractivity contribution in [2.45, 2.75) is 51.7 Å². The van der Waals surface area contributed by atoms with Gasteiger partial charge in [0, 0.05) is 43.3 Å². The minimum atomic E-state index is -0.322. The van der Waals surface area contributed by atoms with Crippen LogP contribution in [0.1, 0.15) is 39.5 Å². The first-order valence-electron chi connectivity index (χ1n) is 11.3. The molecule has 0 bridgehead atoms. The summed E-state index contributed by atoms with van der Waals surface area (Å²) in [5.41, 5.74) is 2.72. The summed E-state index contributed by atoms with van der Waals surface area (Å²) in [6.45, 7) is 7.66. The van der Waals surface area contributed by atoms with Crippen molar-refractivity contribution in [2.75, 3.05) is 37.8 Å². The van der Waals surface area contributed by atoms with E-state index >= 15 is 0 Å². The van der Waals surface area contributed by atoms with E-state index in [-0.39, 0.29) is 18.2 Å². The Morgan fingerprint density at radius 1 is 1.16 bits per heavy atom. The number of rotatable bonds is 6. The number of carbonyl (C=O) groups excluding carboxylic acids is 1. The number of carbonyl (C=O) groups is 1. The molecule has 0 radical (unpaired) electrons. The van der Waals surface area contributed by atoms with Crippen LogP contribution in [-0.4, -0.2) is 61.1 Å². The Morgan fingerprint density at radius 3 is 2.65 bits per heavy atom. The Morgan fingerprint density at radius 2 is 1.90 bits per heavy atom. The molecule has 1 saturated carbocycles. The third-order valence-corrected chi connectivity index (χ3v) is 5.74. The maximum atomic E-state index is 11.9. The van der Waals surface area contributed by atoms with Crippen molar-refractivity contribution in [1.29, 1.82) is 0 Å². The number of nitrogens with zero attached hydrogens (tertiary/aromatic N) is 3. The van der Waals surface area contributed by atoms with Crippen molar-refractivity contribution in [3.63, 3.8) is 0 Å². The molecule has 1 aromatic carbocycles. The van der Waals surface area contributed by atoms with Crippen molar-refractivity contribution < 1.29 is 19.0 Å². The van der Waals surface area contributed by atoms with Gasteiger partial charge in [0.25, 0.3) is 0 Å². The van der Waals surface area contributed by atoms with E-state index in [0.29, 0.717) is 12.5 Å². The molecule has 8 heteroatoms. The normalized spacial score (nSPS) is 21.8. The average molecular weight is 429 g/mol. The zero-order valence-corrected chi connectivity index (χ0v) is 18.4. The summed E-state index contributed by atoms with van der Waals surface area (Å²) in [7, 11) is 0. The van der Waals surface area contributed by atoms with Gasteiger partial charge in [0.05, 0.1) is 31.4 Å². The molecule has 0 unspecified atom stereocenters. The number of nitrogens with one attached hydrogen (secondary N) is 1. The molecule has 168 valence electrons. The first-order valence-corrected chi connectivity index (χ1v) is 11.3. The maximum Gasteiger partial charge on any atom is 0.407 e. The van der Waals surface area contributed by atoms with E-state index in [0.717, 1.165) is 74.5 Å². The van der Waals surface area contributed by atoms with Crippen molar-refractivity contribution >= 4 is 22.8 Å². The molecule has 1 saturated heterocycles. The molecule has 2 fully saturated rings. The number of aromatic nitrogens is 2. The van der Waals surface area contributed by atoms with Crippen LogP contribution in [0, 0.1) is 5.92 Å². The Bertz CT molecular complexity index is 877.